The van der Waals surface area contributed by atoms with Crippen LogP contribution >= 0.6 is 0 Å². The summed E-state index contributed by atoms with van der Waals surface area (Å²) in [5, 5.41) is 12.9. The zero-order valence-electron chi connectivity index (χ0n) is 14.1. The van der Waals surface area contributed by atoms with Crippen molar-refractivity contribution in [2.45, 2.75) is 0 Å². The van der Waals surface area contributed by atoms with Gasteiger partial charge in [-0.3, -0.25) is 0 Å². The number of aromatic hydroxyl groups is 1. The van der Waals surface area contributed by atoms with Crippen LogP contribution in [-0.4, -0.2) is 36.4 Å². The molecule has 130 valence electrons. The maximum absolute atomic E-state index is 10.2. The molecule has 6 heteroatoms. The van der Waals surface area contributed by atoms with Crippen molar-refractivity contribution in [1.29, 1.82) is 0 Å². The number of nitrogens with one attached hydrogen (secondary N) is 1. The SMILES string of the molecule is Oc1[nH]c2ccccc2c1C=C1N=c2ccc(N3CCOCC3)cc2=N1. The Morgan fingerprint density at radius 1 is 1.04 bits per heavy atom. The number of ether oxygens (including phenoxy) is 1. The molecule has 2 aromatic carbocycles. The van der Waals surface area contributed by atoms with Gasteiger partial charge in [-0.2, -0.15) is 0 Å². The molecule has 1 saturated heterocycles. The summed E-state index contributed by atoms with van der Waals surface area (Å²) in [6.45, 7) is 3.29. The van der Waals surface area contributed by atoms with E-state index in [4.69, 9.17) is 4.74 Å². The van der Waals surface area contributed by atoms with Crippen molar-refractivity contribution in [2.75, 3.05) is 31.2 Å². The van der Waals surface area contributed by atoms with Gasteiger partial charge in [-0.15, -0.1) is 0 Å². The van der Waals surface area contributed by atoms with E-state index in [2.05, 4.69) is 32.0 Å². The molecule has 2 aliphatic heterocycles. The molecule has 0 atom stereocenters. The maximum Gasteiger partial charge on any atom is 0.197 e. The molecule has 0 radical (unpaired) electrons. The van der Waals surface area contributed by atoms with Crippen LogP contribution in [0.15, 0.2) is 58.3 Å². The molecule has 1 aromatic heterocycles. The first kappa shape index (κ1) is 15.2. The molecule has 0 spiro atoms. The van der Waals surface area contributed by atoms with E-state index in [-0.39, 0.29) is 5.88 Å². The second-order valence-corrected chi connectivity index (χ2v) is 6.43. The Morgan fingerprint density at radius 3 is 2.73 bits per heavy atom. The average molecular weight is 346 g/mol. The predicted octanol–water partition coefficient (Wildman–Crippen LogP) is 1.96. The van der Waals surface area contributed by atoms with E-state index >= 15 is 0 Å². The van der Waals surface area contributed by atoms with Crippen molar-refractivity contribution >= 4 is 22.7 Å². The number of fused-ring (bicyclic) bond motifs is 2. The van der Waals surface area contributed by atoms with Gasteiger partial charge in [0.1, 0.15) is 0 Å². The Balaban J connectivity index is 1.55. The van der Waals surface area contributed by atoms with Crippen molar-refractivity contribution in [3.63, 3.8) is 0 Å². The second kappa shape index (κ2) is 6.00. The highest BCUT2D eigenvalue weighted by atomic mass is 16.5. The molecule has 1 fully saturated rings. The highest BCUT2D eigenvalue weighted by molar-refractivity contribution is 5.92. The number of morpholine rings is 1. The smallest absolute Gasteiger partial charge is 0.197 e. The monoisotopic (exact) mass is 346 g/mol. The summed E-state index contributed by atoms with van der Waals surface area (Å²) in [5.74, 6) is 0.730. The van der Waals surface area contributed by atoms with Crippen LogP contribution in [0.1, 0.15) is 5.56 Å². The molecule has 26 heavy (non-hydrogen) atoms. The van der Waals surface area contributed by atoms with Crippen LogP contribution in [-0.2, 0) is 4.74 Å². The van der Waals surface area contributed by atoms with Crippen LogP contribution in [0.4, 0.5) is 5.69 Å². The van der Waals surface area contributed by atoms with Gasteiger partial charge in [0.2, 0.25) is 0 Å². The highest BCUT2D eigenvalue weighted by Crippen LogP contribution is 2.29. The summed E-state index contributed by atoms with van der Waals surface area (Å²) >= 11 is 0. The van der Waals surface area contributed by atoms with E-state index in [0.717, 1.165) is 53.6 Å². The number of aromatic nitrogens is 1. The second-order valence-electron chi connectivity index (χ2n) is 6.43. The lowest BCUT2D eigenvalue weighted by atomic mass is 10.1. The molecule has 0 aliphatic carbocycles. The lowest BCUT2D eigenvalue weighted by Gasteiger charge is -2.28. The third kappa shape index (κ3) is 2.55. The normalized spacial score (nSPS) is 18.0. The van der Waals surface area contributed by atoms with Crippen molar-refractivity contribution in [1.82, 2.24) is 4.98 Å². The number of anilines is 1. The third-order valence-electron chi connectivity index (χ3n) is 4.80. The average Bonchev–Trinajstić information content (AvgIpc) is 3.22. The summed E-state index contributed by atoms with van der Waals surface area (Å²) < 4.78 is 5.42. The number of hydrogen-bond donors (Lipinski definition) is 2. The topological polar surface area (TPSA) is 73.2 Å². The molecule has 2 aliphatic rings. The van der Waals surface area contributed by atoms with Crippen LogP contribution in [0.2, 0.25) is 0 Å². The lowest BCUT2D eigenvalue weighted by Crippen LogP contribution is -2.37. The van der Waals surface area contributed by atoms with E-state index in [1.54, 1.807) is 0 Å². The summed E-state index contributed by atoms with van der Waals surface area (Å²) in [7, 11) is 0. The standard InChI is InChI=1S/C20H18N4O2/c25-20-15(14-3-1-2-4-16(14)23-20)12-19-21-17-6-5-13(11-18(17)22-19)24-7-9-26-10-8-24/h1-6,11-12,23,25H,7-10H2. The van der Waals surface area contributed by atoms with Gasteiger partial charge in [0, 0.05) is 35.2 Å². The van der Waals surface area contributed by atoms with E-state index < -0.39 is 0 Å². The Labute approximate surface area is 149 Å². The molecule has 6 nitrogen and oxygen atoms in total. The van der Waals surface area contributed by atoms with Gasteiger partial charge in [0.05, 0.1) is 23.9 Å². The number of aromatic amines is 1. The van der Waals surface area contributed by atoms with E-state index in [0.29, 0.717) is 11.4 Å². The highest BCUT2D eigenvalue weighted by Gasteiger charge is 2.14. The molecule has 0 saturated carbocycles. The van der Waals surface area contributed by atoms with Gasteiger partial charge in [-0.25, -0.2) is 9.98 Å². The van der Waals surface area contributed by atoms with Crippen LogP contribution in [0.5, 0.6) is 5.88 Å². The van der Waals surface area contributed by atoms with E-state index in [1.807, 2.05) is 36.4 Å². The summed E-state index contributed by atoms with van der Waals surface area (Å²) in [6.07, 6.45) is 1.82. The minimum atomic E-state index is 0.133. The van der Waals surface area contributed by atoms with Crippen LogP contribution in [0.25, 0.3) is 17.0 Å². The molecule has 3 aromatic rings. The fourth-order valence-corrected chi connectivity index (χ4v) is 3.48. The van der Waals surface area contributed by atoms with Crippen LogP contribution in [0.3, 0.4) is 0 Å². The number of nitrogens with zero attached hydrogens (tertiary/aromatic N) is 3. The fourth-order valence-electron chi connectivity index (χ4n) is 3.48. The molecule has 0 bridgehead atoms. The van der Waals surface area contributed by atoms with Crippen molar-refractivity contribution < 1.29 is 9.84 Å². The molecule has 2 N–H and O–H groups in total. The van der Waals surface area contributed by atoms with Gasteiger partial charge in [0.25, 0.3) is 0 Å². The van der Waals surface area contributed by atoms with Gasteiger partial charge >= 0.3 is 0 Å². The Bertz CT molecular complexity index is 1140. The fraction of sp³-hybridized carbons (Fsp3) is 0.200. The molecular weight excluding hydrogens is 328 g/mol. The van der Waals surface area contributed by atoms with Gasteiger partial charge in [-0.05, 0) is 30.3 Å². The van der Waals surface area contributed by atoms with Gasteiger partial charge in [-0.1, -0.05) is 18.2 Å². The van der Waals surface area contributed by atoms with Gasteiger partial charge < -0.3 is 19.7 Å². The third-order valence-corrected chi connectivity index (χ3v) is 4.80. The summed E-state index contributed by atoms with van der Waals surface area (Å²) in [5.41, 5.74) is 2.74. The molecule has 0 unspecified atom stereocenters. The largest absolute Gasteiger partial charge is 0.494 e. The Kier molecular flexibility index (Phi) is 3.50. The van der Waals surface area contributed by atoms with Crippen molar-refractivity contribution in [2.24, 2.45) is 9.98 Å². The number of rotatable bonds is 2. The molecule has 3 heterocycles. The zero-order valence-corrected chi connectivity index (χ0v) is 14.1. The minimum Gasteiger partial charge on any atom is -0.494 e. The zero-order chi connectivity index (χ0) is 17.5. The number of hydrogen-bond acceptors (Lipinski definition) is 5. The maximum atomic E-state index is 10.2. The quantitative estimate of drug-likeness (QED) is 0.745. The van der Waals surface area contributed by atoms with Crippen LogP contribution in [0, 0.1) is 0 Å². The molecule has 0 amide bonds. The predicted molar refractivity (Wildman–Crippen MR) is 99.7 cm³/mol. The summed E-state index contributed by atoms with van der Waals surface area (Å²) in [4.78, 5) is 14.5. The Hall–Kier alpha value is -3.12. The van der Waals surface area contributed by atoms with E-state index in [1.165, 1.54) is 0 Å². The lowest BCUT2D eigenvalue weighted by molar-refractivity contribution is 0.122. The number of para-hydroxylation sites is 1. The van der Waals surface area contributed by atoms with Crippen molar-refractivity contribution in [3.8, 4) is 5.88 Å². The summed E-state index contributed by atoms with van der Waals surface area (Å²) in [6, 6.07) is 13.9. The van der Waals surface area contributed by atoms with Crippen molar-refractivity contribution in [3.05, 3.63) is 64.6 Å². The number of H-pyrrole nitrogens is 1. The Morgan fingerprint density at radius 2 is 1.85 bits per heavy atom. The molecule has 5 rings (SSSR count). The molecular formula is C20H18N4O2. The number of benzene rings is 2. The first-order valence-corrected chi connectivity index (χ1v) is 8.69. The first-order chi connectivity index (χ1) is 12.8. The van der Waals surface area contributed by atoms with Crippen LogP contribution < -0.4 is 15.6 Å². The van der Waals surface area contributed by atoms with Gasteiger partial charge in [0.15, 0.2) is 11.7 Å². The van der Waals surface area contributed by atoms with E-state index in [9.17, 15) is 5.11 Å². The minimum absolute atomic E-state index is 0.133. The first-order valence-electron chi connectivity index (χ1n) is 8.69.